The maximum atomic E-state index is 6.55. The van der Waals surface area contributed by atoms with Gasteiger partial charge in [-0.15, -0.1) is 0 Å². The van der Waals surface area contributed by atoms with Crippen LogP contribution in [0.25, 0.3) is 0 Å². The second-order valence-electron chi connectivity index (χ2n) is 7.45. The highest BCUT2D eigenvalue weighted by Gasteiger charge is 2.26. The molecule has 2 aromatic carbocycles. The molecule has 3 nitrogen and oxygen atoms in total. The molecular formula is C23H33IO3Si. The number of hydrogen-bond acceptors (Lipinski definition) is 3. The molecule has 0 radical (unpaired) electrons. The molecule has 28 heavy (non-hydrogen) atoms. The Morgan fingerprint density at radius 2 is 1.61 bits per heavy atom. The van der Waals surface area contributed by atoms with E-state index in [1.807, 2.05) is 6.92 Å². The molecule has 0 spiro atoms. The lowest BCUT2D eigenvalue weighted by Gasteiger charge is -2.29. The number of aryl methyl sites for hydroxylation is 1. The molecule has 2 atom stereocenters. The number of rotatable bonds is 11. The molecule has 0 saturated carbocycles. The van der Waals surface area contributed by atoms with Gasteiger partial charge in [-0.2, -0.15) is 0 Å². The van der Waals surface area contributed by atoms with Crippen molar-refractivity contribution in [2.45, 2.75) is 45.4 Å². The van der Waals surface area contributed by atoms with Crippen LogP contribution in [0.15, 0.2) is 42.5 Å². The molecule has 0 aliphatic carbocycles. The lowest BCUT2D eigenvalue weighted by Crippen LogP contribution is -2.23. The molecule has 2 rings (SSSR count). The van der Waals surface area contributed by atoms with Crippen molar-refractivity contribution in [2.24, 2.45) is 5.92 Å². The number of methoxy groups -OCH3 is 2. The first-order valence-electron chi connectivity index (χ1n) is 9.98. The minimum absolute atomic E-state index is 0.0859. The van der Waals surface area contributed by atoms with Crippen LogP contribution in [0.1, 0.15) is 35.6 Å². The number of ether oxygens (including phenoxy) is 2. The van der Waals surface area contributed by atoms with Gasteiger partial charge in [0.2, 0.25) is 0 Å². The van der Waals surface area contributed by atoms with Crippen molar-refractivity contribution >= 4 is 31.6 Å². The van der Waals surface area contributed by atoms with E-state index in [4.69, 9.17) is 13.9 Å². The summed E-state index contributed by atoms with van der Waals surface area (Å²) in [7, 11) is 2.23. The second kappa shape index (κ2) is 11.8. The summed E-state index contributed by atoms with van der Waals surface area (Å²) in [4.78, 5) is 0. The summed E-state index contributed by atoms with van der Waals surface area (Å²) in [5, 5.41) is 0. The van der Waals surface area contributed by atoms with Gasteiger partial charge < -0.3 is 13.9 Å². The van der Waals surface area contributed by atoms with E-state index in [1.165, 1.54) is 11.1 Å². The summed E-state index contributed by atoms with van der Waals surface area (Å²) in [5.74, 6) is 2.20. The fourth-order valence-corrected chi connectivity index (χ4v) is 5.42. The standard InChI is InChI=1S/C23H33IO3Si/c1-17-21(25-2)14-20(15-22(17)26-3)23(27-28(4)5)19(16-24)13-9-12-18-10-7-6-8-11-18/h6-8,10-11,14-15,19,23,28H,9,12-13,16H2,1-5H3/t19-,23-/m0/s1. The molecule has 0 heterocycles. The Bertz CT molecular complexity index is 696. The molecule has 5 heteroatoms. The maximum Gasteiger partial charge on any atom is 0.171 e. The van der Waals surface area contributed by atoms with Gasteiger partial charge in [-0.1, -0.05) is 52.9 Å². The van der Waals surface area contributed by atoms with Crippen molar-refractivity contribution in [2.75, 3.05) is 18.6 Å². The molecule has 154 valence electrons. The highest BCUT2D eigenvalue weighted by Crippen LogP contribution is 2.38. The van der Waals surface area contributed by atoms with Crippen LogP contribution in [0.2, 0.25) is 13.1 Å². The Labute approximate surface area is 185 Å². The molecule has 0 aromatic heterocycles. The largest absolute Gasteiger partial charge is 0.496 e. The molecule has 0 amide bonds. The first-order valence-corrected chi connectivity index (χ1v) is 14.3. The number of benzene rings is 2. The van der Waals surface area contributed by atoms with Gasteiger partial charge in [0, 0.05) is 9.99 Å². The van der Waals surface area contributed by atoms with E-state index < -0.39 is 9.04 Å². The van der Waals surface area contributed by atoms with Gasteiger partial charge in [-0.3, -0.25) is 0 Å². The van der Waals surface area contributed by atoms with E-state index in [2.05, 4.69) is 78.1 Å². The third-order valence-electron chi connectivity index (χ3n) is 5.03. The van der Waals surface area contributed by atoms with Crippen molar-refractivity contribution < 1.29 is 13.9 Å². The maximum absolute atomic E-state index is 6.55. The lowest BCUT2D eigenvalue weighted by atomic mass is 9.91. The van der Waals surface area contributed by atoms with Gasteiger partial charge in [0.15, 0.2) is 9.04 Å². The van der Waals surface area contributed by atoms with Crippen LogP contribution in [0.4, 0.5) is 0 Å². The predicted octanol–water partition coefficient (Wildman–Crippen LogP) is 6.13. The quantitative estimate of drug-likeness (QED) is 0.206. The van der Waals surface area contributed by atoms with Crippen molar-refractivity contribution in [3.05, 3.63) is 59.2 Å². The molecule has 0 unspecified atom stereocenters. The van der Waals surface area contributed by atoms with Crippen LogP contribution in [0, 0.1) is 12.8 Å². The van der Waals surface area contributed by atoms with E-state index in [0.717, 1.165) is 40.8 Å². The van der Waals surface area contributed by atoms with E-state index in [1.54, 1.807) is 14.2 Å². The first kappa shape index (κ1) is 23.2. The van der Waals surface area contributed by atoms with Crippen LogP contribution >= 0.6 is 22.6 Å². The number of alkyl halides is 1. The Morgan fingerprint density at radius 3 is 2.11 bits per heavy atom. The molecule has 0 fully saturated rings. The van der Waals surface area contributed by atoms with Gasteiger partial charge in [0.05, 0.1) is 20.3 Å². The van der Waals surface area contributed by atoms with E-state index >= 15 is 0 Å². The molecule has 2 aromatic rings. The summed E-state index contributed by atoms with van der Waals surface area (Å²) in [6.45, 7) is 6.51. The monoisotopic (exact) mass is 512 g/mol. The van der Waals surface area contributed by atoms with E-state index in [0.29, 0.717) is 5.92 Å². The fourth-order valence-electron chi connectivity index (χ4n) is 3.55. The van der Waals surface area contributed by atoms with Gasteiger partial charge in [0.25, 0.3) is 0 Å². The van der Waals surface area contributed by atoms with Crippen molar-refractivity contribution in [1.29, 1.82) is 0 Å². The average molecular weight is 513 g/mol. The number of hydrogen-bond donors (Lipinski definition) is 0. The highest BCUT2D eigenvalue weighted by molar-refractivity contribution is 14.1. The molecule has 0 aliphatic rings. The van der Waals surface area contributed by atoms with Crippen LogP contribution in [0.5, 0.6) is 11.5 Å². The van der Waals surface area contributed by atoms with Crippen molar-refractivity contribution in [1.82, 2.24) is 0 Å². The van der Waals surface area contributed by atoms with Gasteiger partial charge in [0.1, 0.15) is 11.5 Å². The lowest BCUT2D eigenvalue weighted by molar-refractivity contribution is 0.141. The van der Waals surface area contributed by atoms with Gasteiger partial charge in [-0.25, -0.2) is 0 Å². The third kappa shape index (κ3) is 6.49. The van der Waals surface area contributed by atoms with Crippen LogP contribution in [0.3, 0.4) is 0 Å². The molecular weight excluding hydrogens is 479 g/mol. The van der Waals surface area contributed by atoms with Crippen LogP contribution in [-0.4, -0.2) is 27.7 Å². The minimum atomic E-state index is -1.21. The molecule has 0 N–H and O–H groups in total. The van der Waals surface area contributed by atoms with E-state index in [-0.39, 0.29) is 6.10 Å². The zero-order valence-electron chi connectivity index (χ0n) is 17.7. The smallest absolute Gasteiger partial charge is 0.171 e. The van der Waals surface area contributed by atoms with Crippen molar-refractivity contribution in [3.8, 4) is 11.5 Å². The second-order valence-corrected chi connectivity index (χ2v) is 10.7. The SMILES string of the molecule is COc1cc([C@@H](O[SiH](C)C)[C@H](CI)CCCc2ccccc2)cc(OC)c1C. The van der Waals surface area contributed by atoms with Crippen LogP contribution in [-0.2, 0) is 10.8 Å². The Kier molecular flexibility index (Phi) is 9.81. The summed E-state index contributed by atoms with van der Waals surface area (Å²) >= 11 is 2.51. The first-order chi connectivity index (χ1) is 13.5. The van der Waals surface area contributed by atoms with Crippen LogP contribution < -0.4 is 9.47 Å². The summed E-state index contributed by atoms with van der Waals surface area (Å²) in [6.07, 6.45) is 3.50. The average Bonchev–Trinajstić information content (AvgIpc) is 2.70. The molecule has 0 bridgehead atoms. The normalized spacial score (nSPS) is 13.4. The highest BCUT2D eigenvalue weighted by atomic mass is 127. The van der Waals surface area contributed by atoms with Crippen molar-refractivity contribution in [3.63, 3.8) is 0 Å². The van der Waals surface area contributed by atoms with Gasteiger partial charge in [-0.05, 0) is 68.5 Å². The number of halogens is 1. The Balaban J connectivity index is 2.22. The Hall–Kier alpha value is -1.05. The fraction of sp³-hybridized carbons (Fsp3) is 0.478. The zero-order chi connectivity index (χ0) is 20.5. The summed E-state index contributed by atoms with van der Waals surface area (Å²) in [6, 6.07) is 15.0. The van der Waals surface area contributed by atoms with E-state index in [9.17, 15) is 0 Å². The topological polar surface area (TPSA) is 27.7 Å². The van der Waals surface area contributed by atoms with Gasteiger partial charge >= 0.3 is 0 Å². The Morgan fingerprint density at radius 1 is 1.00 bits per heavy atom. The zero-order valence-corrected chi connectivity index (χ0v) is 21.0. The minimum Gasteiger partial charge on any atom is -0.496 e. The molecule has 0 saturated heterocycles. The predicted molar refractivity (Wildman–Crippen MR) is 129 cm³/mol. The molecule has 0 aliphatic heterocycles. The summed E-state index contributed by atoms with van der Waals surface area (Å²) < 4.78 is 18.8. The summed E-state index contributed by atoms with van der Waals surface area (Å²) in [5.41, 5.74) is 3.61. The third-order valence-corrected chi connectivity index (χ3v) is 7.00.